The van der Waals surface area contributed by atoms with E-state index in [1.54, 1.807) is 44.2 Å². The molecule has 6 amide bonds. The third-order valence-corrected chi connectivity index (χ3v) is 14.1. The molecule has 0 aliphatic carbocycles. The van der Waals surface area contributed by atoms with Crippen molar-refractivity contribution >= 4 is 58.9 Å². The Morgan fingerprint density at radius 3 is 2.23 bits per heavy atom. The fourth-order valence-corrected chi connectivity index (χ4v) is 9.64. The Labute approximate surface area is 459 Å². The number of nitrogens with two attached hydrogens (primary N) is 1. The van der Waals surface area contributed by atoms with Gasteiger partial charge in [-0.2, -0.15) is 0 Å². The summed E-state index contributed by atoms with van der Waals surface area (Å²) in [6.07, 6.45) is 13.9. The quantitative estimate of drug-likeness (QED) is 0.0140. The molecule has 3 aliphatic heterocycles. The predicted octanol–water partition coefficient (Wildman–Crippen LogP) is 6.92. The molecule has 10 atom stereocenters. The molecule has 0 bridgehead atoms. The molecule has 1 spiro atoms. The Morgan fingerprint density at radius 2 is 1.58 bits per heavy atom. The normalized spacial score (nSPS) is 23.2. The number of epoxide rings is 1. The second-order valence-corrected chi connectivity index (χ2v) is 21.7. The van der Waals surface area contributed by atoms with Crippen LogP contribution in [0.3, 0.4) is 0 Å². The highest BCUT2D eigenvalue weighted by atomic mass is 16.6. The first-order valence-electron chi connectivity index (χ1n) is 27.6. The lowest BCUT2D eigenvalue weighted by Gasteiger charge is -2.39. The summed E-state index contributed by atoms with van der Waals surface area (Å²) in [5.41, 5.74) is 6.95. The summed E-state index contributed by atoms with van der Waals surface area (Å²) in [4.78, 5) is 112. The van der Waals surface area contributed by atoms with Gasteiger partial charge in [0.1, 0.15) is 18.5 Å². The van der Waals surface area contributed by atoms with E-state index in [1.165, 1.54) is 13.0 Å². The van der Waals surface area contributed by atoms with Crippen molar-refractivity contribution in [3.05, 3.63) is 65.8 Å². The average molecular weight is 1090 g/mol. The Bertz CT molecular complexity index is 2290. The summed E-state index contributed by atoms with van der Waals surface area (Å²) in [5, 5.41) is 13.7. The van der Waals surface area contributed by atoms with Gasteiger partial charge in [-0.05, 0) is 102 Å². The molecule has 4 rings (SSSR count). The van der Waals surface area contributed by atoms with Gasteiger partial charge in [-0.25, -0.2) is 9.59 Å². The molecule has 7 N–H and O–H groups in total. The van der Waals surface area contributed by atoms with Gasteiger partial charge < -0.3 is 60.8 Å². The number of unbranched alkanes of at least 4 members (excludes halogenated alkanes) is 3. The molecule has 3 heterocycles. The zero-order valence-electron chi connectivity index (χ0n) is 47.0. The summed E-state index contributed by atoms with van der Waals surface area (Å²) < 4.78 is 28.9. The van der Waals surface area contributed by atoms with E-state index >= 15 is 0 Å². The van der Waals surface area contributed by atoms with Gasteiger partial charge in [0.15, 0.2) is 11.6 Å². The minimum Gasteiger partial charge on any atom is -0.459 e. The fourth-order valence-electron chi connectivity index (χ4n) is 9.64. The minimum atomic E-state index is -0.800. The van der Waals surface area contributed by atoms with Crippen molar-refractivity contribution < 1.29 is 66.8 Å². The Morgan fingerprint density at radius 1 is 0.872 bits per heavy atom. The number of benzene rings is 1. The average Bonchev–Trinajstić information content (AvgIpc) is 4.21. The minimum absolute atomic E-state index is 0.0335. The van der Waals surface area contributed by atoms with E-state index in [-0.39, 0.29) is 116 Å². The molecule has 0 radical (unpaired) electrons. The van der Waals surface area contributed by atoms with Gasteiger partial charge in [0.25, 0.3) is 0 Å². The molecule has 0 saturated carbocycles. The summed E-state index contributed by atoms with van der Waals surface area (Å²) in [7, 11) is 0. The first-order chi connectivity index (χ1) is 37.0. The van der Waals surface area contributed by atoms with Crippen LogP contribution in [0.15, 0.2) is 60.2 Å². The van der Waals surface area contributed by atoms with Crippen LogP contribution < -0.4 is 32.3 Å². The van der Waals surface area contributed by atoms with E-state index in [4.69, 9.17) is 29.4 Å². The molecule has 432 valence electrons. The van der Waals surface area contributed by atoms with Crippen molar-refractivity contribution in [2.75, 3.05) is 25.0 Å². The largest absolute Gasteiger partial charge is 0.459 e. The second kappa shape index (κ2) is 32.6. The van der Waals surface area contributed by atoms with Gasteiger partial charge >= 0.3 is 18.1 Å². The number of urea groups is 1. The van der Waals surface area contributed by atoms with E-state index in [1.807, 2.05) is 39.8 Å². The van der Waals surface area contributed by atoms with Crippen LogP contribution in [0.1, 0.15) is 151 Å². The number of esters is 1. The molecule has 3 aliphatic rings. The van der Waals surface area contributed by atoms with Crippen LogP contribution >= 0.6 is 0 Å². The van der Waals surface area contributed by atoms with Crippen LogP contribution in [0, 0.1) is 17.8 Å². The number of amides is 6. The van der Waals surface area contributed by atoms with Crippen LogP contribution in [0.2, 0.25) is 0 Å². The van der Waals surface area contributed by atoms with Gasteiger partial charge in [0.2, 0.25) is 17.7 Å². The summed E-state index contributed by atoms with van der Waals surface area (Å²) in [5.74, 6) is -2.57. The van der Waals surface area contributed by atoms with Crippen LogP contribution in [-0.4, -0.2) is 121 Å². The topological polar surface area (TPSA) is 289 Å². The van der Waals surface area contributed by atoms with Crippen molar-refractivity contribution in [3.63, 3.8) is 0 Å². The summed E-state index contributed by atoms with van der Waals surface area (Å²) in [6, 6.07) is 4.94. The van der Waals surface area contributed by atoms with Crippen molar-refractivity contribution in [2.45, 2.75) is 200 Å². The molecule has 3 fully saturated rings. The van der Waals surface area contributed by atoms with Crippen molar-refractivity contribution in [1.29, 1.82) is 0 Å². The molecule has 1 aromatic carbocycles. The van der Waals surface area contributed by atoms with E-state index in [9.17, 15) is 43.2 Å². The zero-order valence-corrected chi connectivity index (χ0v) is 47.0. The highest BCUT2D eigenvalue weighted by Gasteiger charge is 2.51. The maximum atomic E-state index is 13.6. The predicted molar refractivity (Wildman–Crippen MR) is 292 cm³/mol. The molecule has 20 nitrogen and oxygen atoms in total. The van der Waals surface area contributed by atoms with Crippen LogP contribution in [0.25, 0.3) is 0 Å². The molecule has 0 unspecified atom stereocenters. The number of allylic oxidation sites excluding steroid dienone is 2. The van der Waals surface area contributed by atoms with E-state index in [0.29, 0.717) is 56.4 Å². The monoisotopic (exact) mass is 1090 g/mol. The molecule has 78 heavy (non-hydrogen) atoms. The standard InChI is InChI=1S/C58H86N6O14/c1-36(2)54(64-52(69)16-12-10-9-11-14-39(5)65)50(68)29-44(15-13-27-60-56(59)72)55(71)62-45-22-20-43(21-23-45)34-74-57(73)61-33-46(67)30-48-32-58(35-75-58)31-47(78-48)24-17-37(3)18-25-51-38(4)28-49(41(7)77-51)63-53(70)26-19-40(6)76-42(8)66/h17-24,26,36,38,40-41,44,47-49,51,54H,9-16,25,27-35H2,1-8H3,(H,61,73)(H,62,71)(H,63,70)(H,64,69)(H3,59,60,72)/b24-17+,26-19-,37-18+/t38-,40-,41+,44+,47+,48+,49+,51-,54-,58+/m0/s1. The number of ether oxygens (including phenoxy) is 5. The number of nitrogens with one attached hydrogen (secondary N) is 5. The van der Waals surface area contributed by atoms with Crippen molar-refractivity contribution in [3.8, 4) is 0 Å². The zero-order chi connectivity index (χ0) is 57.4. The molecular weight excluding hydrogens is 1000 g/mol. The van der Waals surface area contributed by atoms with E-state index < -0.39 is 48.2 Å². The molecule has 3 saturated heterocycles. The maximum absolute atomic E-state index is 13.6. The first kappa shape index (κ1) is 64.3. The first-order valence-corrected chi connectivity index (χ1v) is 27.6. The molecule has 1 aromatic rings. The van der Waals surface area contributed by atoms with Crippen LogP contribution in [-0.2, 0) is 63.9 Å². The third-order valence-electron chi connectivity index (χ3n) is 14.1. The SMILES string of the molecule is CC(=O)CCCCCCC(=O)N[C@H](C(=O)C[C@@H](CCCNC(N)=O)C(=O)Nc1ccc(COC(=O)NCC(=O)C[C@@H]2C[C@@]3(CO3)C[C@@H](/C=C/C(C)=C/C[C@@H]3O[C@H](C)[C@H](NC(=O)/C=C\[C@H](C)OC(C)=O)C[C@@H]3C)O2)cc1)C(C)C. The van der Waals surface area contributed by atoms with Gasteiger partial charge in [0.05, 0.1) is 55.3 Å². The van der Waals surface area contributed by atoms with Gasteiger partial charge in [-0.15, -0.1) is 0 Å². The second-order valence-electron chi connectivity index (χ2n) is 21.7. The number of alkyl carbamates (subject to hydrolysis) is 1. The smallest absolute Gasteiger partial charge is 0.407 e. The number of rotatable bonds is 32. The van der Waals surface area contributed by atoms with Crippen LogP contribution in [0.5, 0.6) is 0 Å². The summed E-state index contributed by atoms with van der Waals surface area (Å²) in [6.45, 7) is 14.7. The van der Waals surface area contributed by atoms with Crippen molar-refractivity contribution in [1.82, 2.24) is 21.3 Å². The number of hydrogen-bond acceptors (Lipinski definition) is 14. The number of primary amides is 1. The number of carbonyl (C=O) groups excluding carboxylic acids is 9. The molecular formula is C58H86N6O14. The highest BCUT2D eigenvalue weighted by Crippen LogP contribution is 2.43. The number of ketones is 3. The van der Waals surface area contributed by atoms with Gasteiger partial charge in [-0.3, -0.25) is 28.8 Å². The molecule has 20 heteroatoms. The van der Waals surface area contributed by atoms with E-state index in [0.717, 1.165) is 31.3 Å². The Balaban J connectivity index is 1.19. The fraction of sp³-hybridized carbons (Fsp3) is 0.638. The lowest BCUT2D eigenvalue weighted by molar-refractivity contribution is -0.143. The Kier molecular flexibility index (Phi) is 26.9. The lowest BCUT2D eigenvalue weighted by atomic mass is 9.88. The molecule has 0 aromatic heterocycles. The Hall–Kier alpha value is -6.25. The number of Topliss-reactive ketones (excluding diaryl/α,β-unsaturated/α-hetero) is 3. The van der Waals surface area contributed by atoms with Crippen molar-refractivity contribution in [2.24, 2.45) is 23.5 Å². The maximum Gasteiger partial charge on any atom is 0.407 e. The number of anilines is 1. The highest BCUT2D eigenvalue weighted by molar-refractivity contribution is 5.97. The number of hydrogen-bond donors (Lipinski definition) is 6. The number of carbonyl (C=O) groups is 9. The lowest BCUT2D eigenvalue weighted by Crippen LogP contribution is -2.50. The third kappa shape index (κ3) is 24.6. The van der Waals surface area contributed by atoms with Gasteiger partial charge in [-0.1, -0.05) is 69.5 Å². The summed E-state index contributed by atoms with van der Waals surface area (Å²) >= 11 is 0. The van der Waals surface area contributed by atoms with Gasteiger partial charge in [0, 0.05) is 69.7 Å². The van der Waals surface area contributed by atoms with E-state index in [2.05, 4.69) is 39.6 Å². The van der Waals surface area contributed by atoms with Crippen LogP contribution in [0.4, 0.5) is 15.3 Å².